The van der Waals surface area contributed by atoms with Crippen LogP contribution in [-0.2, 0) is 17.9 Å². The molecule has 2 aromatic carbocycles. The average Bonchev–Trinajstić information content (AvgIpc) is 2.67. The first kappa shape index (κ1) is 18.9. The highest BCUT2D eigenvalue weighted by Crippen LogP contribution is 2.17. The molecule has 3 aromatic rings. The summed E-state index contributed by atoms with van der Waals surface area (Å²) in [4.78, 5) is 27.2. The molecule has 0 aliphatic carbocycles. The minimum atomic E-state index is -0.277. The molecule has 6 heteroatoms. The van der Waals surface area contributed by atoms with E-state index in [0.717, 1.165) is 10.9 Å². The van der Waals surface area contributed by atoms with E-state index in [2.05, 4.69) is 11.7 Å². The zero-order valence-electron chi connectivity index (χ0n) is 15.1. The summed E-state index contributed by atoms with van der Waals surface area (Å²) >= 11 is 6.21. The number of carbonyl (C=O) groups is 1. The molecule has 0 saturated heterocycles. The maximum atomic E-state index is 12.9. The molecule has 0 fully saturated rings. The highest BCUT2D eigenvalue weighted by Gasteiger charge is 2.17. The van der Waals surface area contributed by atoms with Gasteiger partial charge in [0.2, 0.25) is 5.91 Å². The van der Waals surface area contributed by atoms with E-state index in [9.17, 15) is 9.59 Å². The zero-order chi connectivity index (χ0) is 19.4. The predicted octanol–water partition coefficient (Wildman–Crippen LogP) is 3.57. The second-order valence-electron chi connectivity index (χ2n) is 6.25. The van der Waals surface area contributed by atoms with Gasteiger partial charge in [0.05, 0.1) is 11.1 Å². The average molecular weight is 382 g/mol. The fourth-order valence-corrected chi connectivity index (χ4v) is 3.18. The molecule has 1 aromatic heterocycles. The molecular formula is C21H20ClN3O2. The summed E-state index contributed by atoms with van der Waals surface area (Å²) in [5.74, 6) is -0.223. The number of hydrogen-bond donors (Lipinski definition) is 0. The summed E-state index contributed by atoms with van der Waals surface area (Å²) in [7, 11) is 0. The van der Waals surface area contributed by atoms with Crippen molar-refractivity contribution in [2.75, 3.05) is 6.54 Å². The first-order valence-corrected chi connectivity index (χ1v) is 8.97. The lowest BCUT2D eigenvalue weighted by molar-refractivity contribution is -0.132. The van der Waals surface area contributed by atoms with Gasteiger partial charge < -0.3 is 4.90 Å². The highest BCUT2D eigenvalue weighted by atomic mass is 35.5. The predicted molar refractivity (Wildman–Crippen MR) is 108 cm³/mol. The summed E-state index contributed by atoms with van der Waals surface area (Å²) in [5.41, 5.74) is 1.27. The Kier molecular flexibility index (Phi) is 5.72. The van der Waals surface area contributed by atoms with Crippen molar-refractivity contribution in [1.82, 2.24) is 14.7 Å². The standard InChI is InChI=1S/C21H20ClN3O2/c1-3-12-24(13-16-8-4-7-11-19(16)22)20(26)14-25-21(27)18-10-6-5-9-17(18)15(2)23-25/h3-11H,1,12-14H2,2H3. The smallest absolute Gasteiger partial charge is 0.275 e. The van der Waals surface area contributed by atoms with Crippen LogP contribution in [0.2, 0.25) is 5.02 Å². The van der Waals surface area contributed by atoms with Crippen LogP contribution in [0.5, 0.6) is 0 Å². The van der Waals surface area contributed by atoms with Gasteiger partial charge in [0, 0.05) is 23.5 Å². The second kappa shape index (κ2) is 8.18. The van der Waals surface area contributed by atoms with Gasteiger partial charge >= 0.3 is 0 Å². The van der Waals surface area contributed by atoms with Crippen LogP contribution < -0.4 is 5.56 Å². The van der Waals surface area contributed by atoms with Gasteiger partial charge in [-0.1, -0.05) is 54.1 Å². The van der Waals surface area contributed by atoms with Crippen molar-refractivity contribution in [2.45, 2.75) is 20.0 Å². The normalized spacial score (nSPS) is 10.7. The van der Waals surface area contributed by atoms with Crippen molar-refractivity contribution < 1.29 is 4.79 Å². The van der Waals surface area contributed by atoms with Gasteiger partial charge in [-0.3, -0.25) is 9.59 Å². The Labute approximate surface area is 162 Å². The maximum absolute atomic E-state index is 12.9. The molecule has 5 nitrogen and oxygen atoms in total. The Hall–Kier alpha value is -2.92. The third-order valence-corrected chi connectivity index (χ3v) is 4.73. The van der Waals surface area contributed by atoms with Gasteiger partial charge in [-0.05, 0) is 24.6 Å². The van der Waals surface area contributed by atoms with E-state index >= 15 is 0 Å². The molecule has 0 aliphatic heterocycles. The summed E-state index contributed by atoms with van der Waals surface area (Å²) in [6, 6.07) is 14.6. The van der Waals surface area contributed by atoms with Crippen molar-refractivity contribution in [3.63, 3.8) is 0 Å². The second-order valence-corrected chi connectivity index (χ2v) is 6.66. The number of rotatable bonds is 6. The van der Waals surface area contributed by atoms with Crippen molar-refractivity contribution in [3.05, 3.63) is 87.8 Å². The molecule has 0 radical (unpaired) electrons. The van der Waals surface area contributed by atoms with E-state index in [-0.39, 0.29) is 18.0 Å². The van der Waals surface area contributed by atoms with Crippen molar-refractivity contribution >= 4 is 28.3 Å². The van der Waals surface area contributed by atoms with Crippen LogP contribution in [0.25, 0.3) is 10.8 Å². The Morgan fingerprint density at radius 2 is 1.85 bits per heavy atom. The van der Waals surface area contributed by atoms with Gasteiger partial charge in [0.15, 0.2) is 0 Å². The molecule has 0 spiro atoms. The van der Waals surface area contributed by atoms with Crippen LogP contribution >= 0.6 is 11.6 Å². The van der Waals surface area contributed by atoms with E-state index < -0.39 is 0 Å². The maximum Gasteiger partial charge on any atom is 0.275 e. The number of hydrogen-bond acceptors (Lipinski definition) is 3. The number of aromatic nitrogens is 2. The highest BCUT2D eigenvalue weighted by molar-refractivity contribution is 6.31. The van der Waals surface area contributed by atoms with Crippen LogP contribution in [0.1, 0.15) is 11.3 Å². The SMILES string of the molecule is C=CCN(Cc1ccccc1Cl)C(=O)Cn1nc(C)c2ccccc2c1=O. The molecular weight excluding hydrogens is 362 g/mol. The number of carbonyl (C=O) groups excluding carboxylic acids is 1. The lowest BCUT2D eigenvalue weighted by atomic mass is 10.1. The van der Waals surface area contributed by atoms with Crippen molar-refractivity contribution in [2.24, 2.45) is 0 Å². The molecule has 1 heterocycles. The van der Waals surface area contributed by atoms with Crippen molar-refractivity contribution in [3.8, 4) is 0 Å². The monoisotopic (exact) mass is 381 g/mol. The van der Waals surface area contributed by atoms with E-state index in [1.165, 1.54) is 4.68 Å². The van der Waals surface area contributed by atoms with Crippen LogP contribution in [0.15, 0.2) is 66.0 Å². The summed E-state index contributed by atoms with van der Waals surface area (Å²) in [5, 5.41) is 6.26. The lowest BCUT2D eigenvalue weighted by Gasteiger charge is -2.22. The quantitative estimate of drug-likeness (QED) is 0.613. The van der Waals surface area contributed by atoms with Gasteiger partial charge in [0.25, 0.3) is 5.56 Å². The molecule has 1 amide bonds. The van der Waals surface area contributed by atoms with Crippen LogP contribution in [0.3, 0.4) is 0 Å². The molecule has 0 N–H and O–H groups in total. The van der Waals surface area contributed by atoms with Gasteiger partial charge in [-0.15, -0.1) is 6.58 Å². The molecule has 0 atom stereocenters. The molecule has 27 heavy (non-hydrogen) atoms. The molecule has 0 saturated carbocycles. The zero-order valence-corrected chi connectivity index (χ0v) is 15.8. The molecule has 3 rings (SSSR count). The van der Waals surface area contributed by atoms with E-state index in [0.29, 0.717) is 29.2 Å². The number of fused-ring (bicyclic) bond motifs is 1. The number of aryl methyl sites for hydroxylation is 1. The van der Waals surface area contributed by atoms with Gasteiger partial charge in [-0.25, -0.2) is 4.68 Å². The summed E-state index contributed by atoms with van der Waals surface area (Å²) < 4.78 is 1.22. The topological polar surface area (TPSA) is 55.2 Å². The lowest BCUT2D eigenvalue weighted by Crippen LogP contribution is -2.37. The van der Waals surface area contributed by atoms with Crippen LogP contribution in [-0.4, -0.2) is 27.1 Å². The fourth-order valence-electron chi connectivity index (χ4n) is 2.98. The molecule has 0 aliphatic rings. The Bertz CT molecular complexity index is 1060. The fraction of sp³-hybridized carbons (Fsp3) is 0.190. The van der Waals surface area contributed by atoms with Gasteiger partial charge in [0.1, 0.15) is 6.54 Å². The van der Waals surface area contributed by atoms with E-state index in [1.807, 2.05) is 37.3 Å². The van der Waals surface area contributed by atoms with E-state index in [1.54, 1.807) is 29.2 Å². The third-order valence-electron chi connectivity index (χ3n) is 4.36. The minimum Gasteiger partial charge on any atom is -0.333 e. The molecule has 0 unspecified atom stereocenters. The molecule has 0 bridgehead atoms. The third kappa shape index (κ3) is 4.09. The number of halogens is 1. The summed E-state index contributed by atoms with van der Waals surface area (Å²) in [6.07, 6.45) is 1.65. The van der Waals surface area contributed by atoms with Crippen LogP contribution in [0.4, 0.5) is 0 Å². The summed E-state index contributed by atoms with van der Waals surface area (Å²) in [6.45, 7) is 6.10. The minimum absolute atomic E-state index is 0.136. The Morgan fingerprint density at radius 1 is 1.19 bits per heavy atom. The Morgan fingerprint density at radius 3 is 2.56 bits per heavy atom. The Balaban J connectivity index is 1.89. The largest absolute Gasteiger partial charge is 0.333 e. The van der Waals surface area contributed by atoms with Gasteiger partial charge in [-0.2, -0.15) is 5.10 Å². The number of benzene rings is 2. The molecule has 138 valence electrons. The number of nitrogens with zero attached hydrogens (tertiary/aromatic N) is 3. The number of amides is 1. The first-order valence-electron chi connectivity index (χ1n) is 8.60. The van der Waals surface area contributed by atoms with E-state index in [4.69, 9.17) is 11.6 Å². The van der Waals surface area contributed by atoms with Crippen LogP contribution in [0, 0.1) is 6.92 Å². The first-order chi connectivity index (χ1) is 13.0. The van der Waals surface area contributed by atoms with Crippen molar-refractivity contribution in [1.29, 1.82) is 0 Å².